The van der Waals surface area contributed by atoms with E-state index in [-0.39, 0.29) is 6.10 Å². The van der Waals surface area contributed by atoms with Crippen molar-refractivity contribution in [2.75, 3.05) is 19.6 Å². The van der Waals surface area contributed by atoms with Gasteiger partial charge in [0.25, 0.3) is 0 Å². The number of unbranched alkanes of at least 4 members (excludes halogenated alkanes) is 1. The van der Waals surface area contributed by atoms with E-state index in [1.165, 1.54) is 26.6 Å². The van der Waals surface area contributed by atoms with Crippen molar-refractivity contribution in [2.24, 2.45) is 0 Å². The monoisotopic (exact) mass is 481 g/mol. The van der Waals surface area contributed by atoms with E-state index in [9.17, 15) is 8.42 Å². The first-order valence-corrected chi connectivity index (χ1v) is 13.7. The Hall–Kier alpha value is -2.64. The van der Waals surface area contributed by atoms with Crippen molar-refractivity contribution >= 4 is 16.4 Å². The van der Waals surface area contributed by atoms with Crippen LogP contribution in [0.25, 0.3) is 11.1 Å². The van der Waals surface area contributed by atoms with E-state index >= 15 is 0 Å². The first-order valence-electron chi connectivity index (χ1n) is 12.3. The van der Waals surface area contributed by atoms with Gasteiger partial charge in [-0.3, -0.25) is 4.31 Å². The summed E-state index contributed by atoms with van der Waals surface area (Å²) < 4.78 is 35.0. The third kappa shape index (κ3) is 5.36. The van der Waals surface area contributed by atoms with Crippen molar-refractivity contribution in [2.45, 2.75) is 58.5 Å². The number of nitrogens with one attached hydrogen (secondary N) is 1. The second-order valence-corrected chi connectivity index (χ2v) is 11.0. The van der Waals surface area contributed by atoms with Crippen molar-refractivity contribution in [3.8, 4) is 16.9 Å². The average molecular weight is 482 g/mol. The van der Waals surface area contributed by atoms with Gasteiger partial charge in [0.15, 0.2) is 0 Å². The number of ether oxygens (including phenoxy) is 1. The van der Waals surface area contributed by atoms with Crippen molar-refractivity contribution < 1.29 is 13.2 Å². The number of benzene rings is 2. The van der Waals surface area contributed by atoms with E-state index in [4.69, 9.17) is 10.1 Å². The summed E-state index contributed by atoms with van der Waals surface area (Å²) in [4.78, 5) is 0. The van der Waals surface area contributed by atoms with Gasteiger partial charge in [-0.1, -0.05) is 42.8 Å². The molecular weight excluding hydrogens is 446 g/mol. The summed E-state index contributed by atoms with van der Waals surface area (Å²) in [5.74, 6) is 0.981. The van der Waals surface area contributed by atoms with Crippen molar-refractivity contribution in [1.82, 2.24) is 8.61 Å². The maximum Gasteiger partial charge on any atom is 0.303 e. The summed E-state index contributed by atoms with van der Waals surface area (Å²) in [6, 6.07) is 15.1. The van der Waals surface area contributed by atoms with Crippen molar-refractivity contribution in [3.05, 3.63) is 65.4 Å². The molecule has 7 heteroatoms. The van der Waals surface area contributed by atoms with Crippen molar-refractivity contribution in [1.29, 1.82) is 5.41 Å². The van der Waals surface area contributed by atoms with Crippen LogP contribution in [0.2, 0.25) is 0 Å². The van der Waals surface area contributed by atoms with Crippen LogP contribution in [0.1, 0.15) is 50.2 Å². The Morgan fingerprint density at radius 2 is 1.88 bits per heavy atom. The van der Waals surface area contributed by atoms with Gasteiger partial charge in [0, 0.05) is 31.5 Å². The molecule has 2 aliphatic heterocycles. The molecular formula is C27H35N3O3S. The second kappa shape index (κ2) is 10.7. The van der Waals surface area contributed by atoms with Crippen LogP contribution in [-0.4, -0.2) is 49.0 Å². The lowest BCUT2D eigenvalue weighted by atomic mass is 9.95. The molecule has 34 heavy (non-hydrogen) atoms. The van der Waals surface area contributed by atoms with E-state index in [0.717, 1.165) is 44.1 Å². The summed E-state index contributed by atoms with van der Waals surface area (Å²) >= 11 is 0. The summed E-state index contributed by atoms with van der Waals surface area (Å²) in [6.45, 7) is 5.52. The number of allylic oxidation sites excluding steroid dienone is 2. The summed E-state index contributed by atoms with van der Waals surface area (Å²) in [5.41, 5.74) is 5.66. The zero-order valence-corrected chi connectivity index (χ0v) is 21.0. The van der Waals surface area contributed by atoms with Crippen LogP contribution in [0.5, 0.6) is 5.75 Å². The highest BCUT2D eigenvalue weighted by Gasteiger charge is 2.36. The molecule has 2 aliphatic rings. The van der Waals surface area contributed by atoms with Crippen LogP contribution < -0.4 is 4.74 Å². The number of nitrogens with zero attached hydrogens (tertiary/aromatic N) is 2. The fourth-order valence-corrected chi connectivity index (χ4v) is 6.55. The van der Waals surface area contributed by atoms with E-state index < -0.39 is 10.2 Å². The van der Waals surface area contributed by atoms with Crippen LogP contribution in [0.4, 0.5) is 0 Å². The minimum absolute atomic E-state index is 0.187. The molecule has 1 unspecified atom stereocenters. The Kier molecular flexibility index (Phi) is 7.73. The summed E-state index contributed by atoms with van der Waals surface area (Å²) in [7, 11) is -3.47. The molecule has 0 aromatic heterocycles. The Balaban J connectivity index is 1.27. The van der Waals surface area contributed by atoms with E-state index in [1.807, 2.05) is 6.92 Å². The van der Waals surface area contributed by atoms with Crippen LogP contribution >= 0.6 is 0 Å². The molecule has 0 amide bonds. The first-order chi connectivity index (χ1) is 16.4. The third-order valence-corrected chi connectivity index (χ3v) is 8.77. The van der Waals surface area contributed by atoms with Gasteiger partial charge in [-0.2, -0.15) is 12.7 Å². The van der Waals surface area contributed by atoms with Gasteiger partial charge < -0.3 is 10.1 Å². The van der Waals surface area contributed by atoms with Gasteiger partial charge in [-0.05, 0) is 80.3 Å². The molecule has 0 saturated carbocycles. The standard InChI is InChI=1S/C27H35N3O3S/c1-3-25(15-16-28)30-19-18-29(34(30,31)32)17-5-4-6-26-13-11-24-20-23(12-14-27(24)33-26)22-9-7-21(2)8-10-22/h7-10,12,14-16,20,26,28H,3-6,11,13,17-19H2,1-2H3/b25-15+,28-16?. The highest BCUT2D eigenvalue weighted by molar-refractivity contribution is 7.87. The predicted octanol–water partition coefficient (Wildman–Crippen LogP) is 5.33. The van der Waals surface area contributed by atoms with Gasteiger partial charge in [0.05, 0.1) is 6.10 Å². The molecule has 2 aromatic rings. The first kappa shape index (κ1) is 24.5. The highest BCUT2D eigenvalue weighted by atomic mass is 32.2. The minimum atomic E-state index is -3.47. The molecule has 1 saturated heterocycles. The van der Waals surface area contributed by atoms with Gasteiger partial charge in [-0.25, -0.2) is 0 Å². The lowest BCUT2D eigenvalue weighted by molar-refractivity contribution is 0.160. The van der Waals surface area contributed by atoms with E-state index in [2.05, 4.69) is 49.4 Å². The molecule has 4 rings (SSSR count). The van der Waals surface area contributed by atoms with Crippen LogP contribution in [0.3, 0.4) is 0 Å². The summed E-state index contributed by atoms with van der Waals surface area (Å²) in [5, 5.41) is 7.27. The third-order valence-electron chi connectivity index (χ3n) is 6.77. The quantitative estimate of drug-likeness (QED) is 0.388. The normalized spacial score (nSPS) is 20.1. The Morgan fingerprint density at radius 1 is 1.12 bits per heavy atom. The van der Waals surface area contributed by atoms with Gasteiger partial charge in [0.2, 0.25) is 0 Å². The number of hydrogen-bond donors (Lipinski definition) is 1. The van der Waals surface area contributed by atoms with Crippen LogP contribution in [0.15, 0.2) is 54.2 Å². The molecule has 182 valence electrons. The SMILES string of the molecule is CC/C(=C\C=N)N1CCN(CCCCC2CCc3cc(-c4ccc(C)cc4)ccc3O2)S1(=O)=O. The Bertz CT molecular complexity index is 1140. The highest BCUT2D eigenvalue weighted by Crippen LogP contribution is 2.33. The summed E-state index contributed by atoms with van der Waals surface area (Å²) in [6.07, 6.45) is 8.20. The number of aryl methyl sites for hydroxylation is 2. The topological polar surface area (TPSA) is 73.7 Å². The fourth-order valence-electron chi connectivity index (χ4n) is 4.80. The molecule has 1 atom stereocenters. The Morgan fingerprint density at radius 3 is 2.62 bits per heavy atom. The lowest BCUT2D eigenvalue weighted by Gasteiger charge is -2.27. The molecule has 1 N–H and O–H groups in total. The fraction of sp³-hybridized carbons (Fsp3) is 0.444. The minimum Gasteiger partial charge on any atom is -0.490 e. The maximum atomic E-state index is 12.9. The number of fused-ring (bicyclic) bond motifs is 1. The molecule has 0 bridgehead atoms. The molecule has 2 aromatic carbocycles. The van der Waals surface area contributed by atoms with Crippen LogP contribution in [-0.2, 0) is 16.6 Å². The smallest absolute Gasteiger partial charge is 0.303 e. The van der Waals surface area contributed by atoms with Gasteiger partial charge >= 0.3 is 10.2 Å². The predicted molar refractivity (Wildman–Crippen MR) is 138 cm³/mol. The zero-order chi connectivity index (χ0) is 24.1. The molecule has 2 heterocycles. The molecule has 1 fully saturated rings. The largest absolute Gasteiger partial charge is 0.490 e. The maximum absolute atomic E-state index is 12.9. The molecule has 6 nitrogen and oxygen atoms in total. The lowest BCUT2D eigenvalue weighted by Crippen LogP contribution is -2.33. The van der Waals surface area contributed by atoms with E-state index in [1.54, 1.807) is 10.4 Å². The average Bonchev–Trinajstić information content (AvgIpc) is 3.13. The molecule has 0 radical (unpaired) electrons. The molecule has 0 spiro atoms. The van der Waals surface area contributed by atoms with Gasteiger partial charge in [0.1, 0.15) is 5.75 Å². The van der Waals surface area contributed by atoms with Crippen molar-refractivity contribution in [3.63, 3.8) is 0 Å². The van der Waals surface area contributed by atoms with Gasteiger partial charge in [-0.15, -0.1) is 0 Å². The van der Waals surface area contributed by atoms with E-state index in [0.29, 0.717) is 31.8 Å². The Labute approximate surface area is 203 Å². The zero-order valence-electron chi connectivity index (χ0n) is 20.2. The number of rotatable bonds is 9. The number of hydrogen-bond acceptors (Lipinski definition) is 4. The van der Waals surface area contributed by atoms with Crippen LogP contribution in [0, 0.1) is 12.3 Å². The second-order valence-electron chi connectivity index (χ2n) is 9.12. The molecule has 0 aliphatic carbocycles.